The van der Waals surface area contributed by atoms with Crippen molar-refractivity contribution in [2.45, 2.75) is 45.3 Å². The standard InChI is InChI=1S/C13H21NO2/c1-2-16-10-4-8-14-9-7-11-12(14)5-3-6-13(11)15/h7,9,13,15H,2-6,8,10H2,1H3. The van der Waals surface area contributed by atoms with Gasteiger partial charge in [0.05, 0.1) is 6.10 Å². The van der Waals surface area contributed by atoms with Crippen LogP contribution in [0.15, 0.2) is 12.3 Å². The molecule has 1 heterocycles. The van der Waals surface area contributed by atoms with E-state index in [4.69, 9.17) is 4.74 Å². The summed E-state index contributed by atoms with van der Waals surface area (Å²) in [5.41, 5.74) is 2.47. The average molecular weight is 223 g/mol. The van der Waals surface area contributed by atoms with E-state index < -0.39 is 0 Å². The summed E-state index contributed by atoms with van der Waals surface area (Å²) in [6.07, 6.45) is 6.03. The van der Waals surface area contributed by atoms with Crippen molar-refractivity contribution in [3.63, 3.8) is 0 Å². The van der Waals surface area contributed by atoms with E-state index in [0.29, 0.717) is 0 Å². The number of aryl methyl sites for hydroxylation is 1. The Kier molecular flexibility index (Phi) is 4.02. The highest BCUT2D eigenvalue weighted by atomic mass is 16.5. The van der Waals surface area contributed by atoms with Crippen LogP contribution in [-0.2, 0) is 17.7 Å². The number of ether oxygens (including phenoxy) is 1. The van der Waals surface area contributed by atoms with Gasteiger partial charge in [0, 0.05) is 37.2 Å². The zero-order valence-electron chi connectivity index (χ0n) is 9.98. The van der Waals surface area contributed by atoms with Gasteiger partial charge >= 0.3 is 0 Å². The number of rotatable bonds is 5. The number of fused-ring (bicyclic) bond motifs is 1. The van der Waals surface area contributed by atoms with E-state index in [1.165, 1.54) is 5.69 Å². The number of aromatic nitrogens is 1. The molecule has 1 atom stereocenters. The van der Waals surface area contributed by atoms with Gasteiger partial charge in [-0.3, -0.25) is 0 Å². The molecule has 1 aromatic rings. The number of nitrogens with zero attached hydrogens (tertiary/aromatic N) is 1. The van der Waals surface area contributed by atoms with Crippen LogP contribution in [0.2, 0.25) is 0 Å². The molecule has 0 fully saturated rings. The summed E-state index contributed by atoms with van der Waals surface area (Å²) >= 11 is 0. The van der Waals surface area contributed by atoms with Crippen LogP contribution in [0.1, 0.15) is 43.5 Å². The molecule has 90 valence electrons. The second kappa shape index (κ2) is 5.51. The zero-order valence-corrected chi connectivity index (χ0v) is 9.98. The lowest BCUT2D eigenvalue weighted by molar-refractivity contribution is 0.140. The van der Waals surface area contributed by atoms with Gasteiger partial charge in [-0.2, -0.15) is 0 Å². The summed E-state index contributed by atoms with van der Waals surface area (Å²) in [4.78, 5) is 0. The van der Waals surface area contributed by atoms with E-state index in [2.05, 4.69) is 16.8 Å². The molecule has 0 saturated heterocycles. The lowest BCUT2D eigenvalue weighted by Crippen LogP contribution is -2.12. The van der Waals surface area contributed by atoms with Crippen LogP contribution in [0.4, 0.5) is 0 Å². The number of hydrogen-bond acceptors (Lipinski definition) is 2. The highest BCUT2D eigenvalue weighted by Crippen LogP contribution is 2.30. The van der Waals surface area contributed by atoms with Crippen molar-refractivity contribution in [2.75, 3.05) is 13.2 Å². The van der Waals surface area contributed by atoms with Crippen molar-refractivity contribution < 1.29 is 9.84 Å². The van der Waals surface area contributed by atoms with Crippen LogP contribution in [-0.4, -0.2) is 22.9 Å². The third-order valence-electron chi connectivity index (χ3n) is 3.26. The summed E-state index contributed by atoms with van der Waals surface area (Å²) < 4.78 is 7.61. The van der Waals surface area contributed by atoms with Gasteiger partial charge < -0.3 is 14.4 Å². The number of aliphatic hydroxyl groups is 1. The molecule has 3 heteroatoms. The quantitative estimate of drug-likeness (QED) is 0.777. The Morgan fingerprint density at radius 1 is 1.56 bits per heavy atom. The summed E-state index contributed by atoms with van der Waals surface area (Å²) in [5.74, 6) is 0. The van der Waals surface area contributed by atoms with Gasteiger partial charge in [-0.25, -0.2) is 0 Å². The monoisotopic (exact) mass is 223 g/mol. The molecule has 0 radical (unpaired) electrons. The van der Waals surface area contributed by atoms with Gasteiger partial charge in [0.25, 0.3) is 0 Å². The van der Waals surface area contributed by atoms with Gasteiger partial charge in [-0.1, -0.05) is 0 Å². The lowest BCUT2D eigenvalue weighted by Gasteiger charge is -2.20. The van der Waals surface area contributed by atoms with E-state index >= 15 is 0 Å². The molecule has 1 aliphatic rings. The van der Waals surface area contributed by atoms with Crippen LogP contribution >= 0.6 is 0 Å². The van der Waals surface area contributed by atoms with Crippen LogP contribution < -0.4 is 0 Å². The maximum absolute atomic E-state index is 9.85. The molecule has 1 aromatic heterocycles. The first-order chi connectivity index (χ1) is 7.83. The Morgan fingerprint density at radius 2 is 2.44 bits per heavy atom. The van der Waals surface area contributed by atoms with E-state index in [1.54, 1.807) is 0 Å². The fourth-order valence-electron chi connectivity index (χ4n) is 2.42. The maximum Gasteiger partial charge on any atom is 0.0807 e. The number of aliphatic hydroxyl groups excluding tert-OH is 1. The molecule has 2 rings (SSSR count). The summed E-state index contributed by atoms with van der Waals surface area (Å²) in [6.45, 7) is 4.64. The smallest absolute Gasteiger partial charge is 0.0807 e. The second-order valence-electron chi connectivity index (χ2n) is 4.37. The first-order valence-corrected chi connectivity index (χ1v) is 6.26. The predicted octanol–water partition coefficient (Wildman–Crippen LogP) is 2.28. The molecule has 3 nitrogen and oxygen atoms in total. The molecule has 0 aromatic carbocycles. The summed E-state index contributed by atoms with van der Waals surface area (Å²) in [7, 11) is 0. The SMILES string of the molecule is CCOCCCn1ccc2c1CCCC2O. The van der Waals surface area contributed by atoms with Gasteiger partial charge in [0.2, 0.25) is 0 Å². The fraction of sp³-hybridized carbons (Fsp3) is 0.692. The van der Waals surface area contributed by atoms with Gasteiger partial charge in [-0.15, -0.1) is 0 Å². The van der Waals surface area contributed by atoms with Gasteiger partial charge in [0.1, 0.15) is 0 Å². The Morgan fingerprint density at radius 3 is 3.25 bits per heavy atom. The van der Waals surface area contributed by atoms with Crippen molar-refractivity contribution in [1.82, 2.24) is 4.57 Å². The molecule has 1 unspecified atom stereocenters. The van der Waals surface area contributed by atoms with Crippen LogP contribution in [0.3, 0.4) is 0 Å². The fourth-order valence-corrected chi connectivity index (χ4v) is 2.42. The van der Waals surface area contributed by atoms with Crippen molar-refractivity contribution >= 4 is 0 Å². The Balaban J connectivity index is 1.95. The Bertz CT molecular complexity index is 333. The van der Waals surface area contributed by atoms with Crippen LogP contribution in [0.5, 0.6) is 0 Å². The highest BCUT2D eigenvalue weighted by molar-refractivity contribution is 5.27. The van der Waals surface area contributed by atoms with Crippen LogP contribution in [0, 0.1) is 0 Å². The lowest BCUT2D eigenvalue weighted by atomic mass is 9.95. The zero-order chi connectivity index (χ0) is 11.4. The van der Waals surface area contributed by atoms with Crippen molar-refractivity contribution in [3.05, 3.63) is 23.5 Å². The molecule has 0 saturated carbocycles. The third kappa shape index (κ3) is 2.47. The first kappa shape index (κ1) is 11.7. The molecule has 1 N–H and O–H groups in total. The maximum atomic E-state index is 9.85. The number of hydrogen-bond donors (Lipinski definition) is 1. The van der Waals surface area contributed by atoms with E-state index in [1.807, 2.05) is 6.92 Å². The van der Waals surface area contributed by atoms with E-state index in [0.717, 1.165) is 51.0 Å². The molecule has 0 amide bonds. The van der Waals surface area contributed by atoms with Crippen LogP contribution in [0.25, 0.3) is 0 Å². The molecule has 1 aliphatic carbocycles. The third-order valence-corrected chi connectivity index (χ3v) is 3.26. The van der Waals surface area contributed by atoms with E-state index in [-0.39, 0.29) is 6.10 Å². The minimum Gasteiger partial charge on any atom is -0.388 e. The average Bonchev–Trinajstić information content (AvgIpc) is 2.70. The Labute approximate surface area is 97.0 Å². The van der Waals surface area contributed by atoms with Crippen molar-refractivity contribution in [1.29, 1.82) is 0 Å². The molecule has 0 bridgehead atoms. The molecule has 0 aliphatic heterocycles. The molecule has 16 heavy (non-hydrogen) atoms. The van der Waals surface area contributed by atoms with Crippen molar-refractivity contribution in [2.24, 2.45) is 0 Å². The normalized spacial score (nSPS) is 19.8. The first-order valence-electron chi connectivity index (χ1n) is 6.26. The molecular weight excluding hydrogens is 202 g/mol. The highest BCUT2D eigenvalue weighted by Gasteiger charge is 2.20. The van der Waals surface area contributed by atoms with Gasteiger partial charge in [-0.05, 0) is 38.7 Å². The Hall–Kier alpha value is -0.800. The summed E-state index contributed by atoms with van der Waals surface area (Å²) in [5, 5.41) is 9.85. The van der Waals surface area contributed by atoms with E-state index in [9.17, 15) is 5.11 Å². The largest absolute Gasteiger partial charge is 0.388 e. The second-order valence-corrected chi connectivity index (χ2v) is 4.37. The molecule has 0 spiro atoms. The molecular formula is C13H21NO2. The minimum absolute atomic E-state index is 0.239. The summed E-state index contributed by atoms with van der Waals surface area (Å²) in [6, 6.07) is 2.07. The minimum atomic E-state index is -0.239. The predicted molar refractivity (Wildman–Crippen MR) is 63.4 cm³/mol. The van der Waals surface area contributed by atoms with Crippen molar-refractivity contribution in [3.8, 4) is 0 Å². The topological polar surface area (TPSA) is 34.4 Å². The van der Waals surface area contributed by atoms with Gasteiger partial charge in [0.15, 0.2) is 0 Å².